The van der Waals surface area contributed by atoms with Crippen molar-refractivity contribution in [1.29, 1.82) is 0 Å². The molecule has 1 amide bonds. The zero-order chi connectivity index (χ0) is 17.2. The van der Waals surface area contributed by atoms with E-state index in [0.717, 1.165) is 19.6 Å². The monoisotopic (exact) mass is 329 g/mol. The molecule has 0 aromatic heterocycles. The Labute approximate surface area is 146 Å². The van der Waals surface area contributed by atoms with Crippen LogP contribution in [-0.4, -0.2) is 74.5 Å². The van der Waals surface area contributed by atoms with E-state index in [-0.39, 0.29) is 5.91 Å². The smallest absolute Gasteiger partial charge is 0.236 e. The average molecular weight is 329 g/mol. The Hall–Kier alpha value is -1.39. The zero-order valence-electron chi connectivity index (χ0n) is 15.4. The topological polar surface area (TPSA) is 26.8 Å². The van der Waals surface area contributed by atoms with Gasteiger partial charge < -0.3 is 9.80 Å². The lowest BCUT2D eigenvalue weighted by atomic mass is 9.68. The maximum atomic E-state index is 11.9. The Morgan fingerprint density at radius 1 is 1.21 bits per heavy atom. The van der Waals surface area contributed by atoms with Crippen molar-refractivity contribution in [3.8, 4) is 0 Å². The molecule has 0 bridgehead atoms. The molecule has 2 heterocycles. The van der Waals surface area contributed by atoms with E-state index in [1.807, 2.05) is 14.1 Å². The fourth-order valence-electron chi connectivity index (χ4n) is 4.49. The predicted molar refractivity (Wildman–Crippen MR) is 98.1 cm³/mol. The van der Waals surface area contributed by atoms with Crippen molar-refractivity contribution >= 4 is 5.91 Å². The summed E-state index contributed by atoms with van der Waals surface area (Å²) in [5, 5.41) is 0. The molecular formula is C20H31N3O. The van der Waals surface area contributed by atoms with E-state index < -0.39 is 0 Å². The maximum Gasteiger partial charge on any atom is 0.236 e. The van der Waals surface area contributed by atoms with E-state index in [2.05, 4.69) is 47.2 Å². The number of amides is 1. The number of likely N-dealkylation sites (N-methyl/N-ethyl adjacent to an activating group) is 2. The van der Waals surface area contributed by atoms with Crippen molar-refractivity contribution in [3.63, 3.8) is 0 Å². The van der Waals surface area contributed by atoms with Gasteiger partial charge in [-0.05, 0) is 56.3 Å². The molecule has 1 aromatic rings. The van der Waals surface area contributed by atoms with Crippen LogP contribution in [0.3, 0.4) is 0 Å². The summed E-state index contributed by atoms with van der Waals surface area (Å²) in [6.45, 7) is 5.03. The molecule has 4 heteroatoms. The second kappa shape index (κ2) is 7.24. The van der Waals surface area contributed by atoms with Crippen molar-refractivity contribution in [2.75, 3.05) is 53.9 Å². The quantitative estimate of drug-likeness (QED) is 0.851. The normalized spacial score (nSPS) is 24.9. The fraction of sp³-hybridized carbons (Fsp3) is 0.650. The summed E-state index contributed by atoms with van der Waals surface area (Å²) in [6.07, 6.45) is 3.71. The minimum atomic E-state index is 0.217. The Kier molecular flexibility index (Phi) is 5.26. The van der Waals surface area contributed by atoms with E-state index in [4.69, 9.17) is 0 Å². The van der Waals surface area contributed by atoms with Gasteiger partial charge in [0, 0.05) is 27.2 Å². The van der Waals surface area contributed by atoms with Crippen molar-refractivity contribution in [3.05, 3.63) is 35.9 Å². The number of rotatable bonds is 3. The summed E-state index contributed by atoms with van der Waals surface area (Å²) < 4.78 is 0. The lowest BCUT2D eigenvalue weighted by Gasteiger charge is -2.49. The van der Waals surface area contributed by atoms with Gasteiger partial charge in [-0.3, -0.25) is 9.69 Å². The third-order valence-corrected chi connectivity index (χ3v) is 5.86. The number of hydrogen-bond acceptors (Lipinski definition) is 3. The number of nitrogens with zero attached hydrogens (tertiary/aromatic N) is 3. The van der Waals surface area contributed by atoms with Gasteiger partial charge in [-0.1, -0.05) is 30.3 Å². The third kappa shape index (κ3) is 3.98. The molecule has 1 aromatic carbocycles. The Morgan fingerprint density at radius 3 is 2.50 bits per heavy atom. The SMILES string of the molecule is CN1C[C@@H](c2ccccc2)CC2(CCN(CC(=O)N(C)C)CC2)C1. The minimum Gasteiger partial charge on any atom is -0.348 e. The molecule has 0 unspecified atom stereocenters. The highest BCUT2D eigenvalue weighted by molar-refractivity contribution is 5.77. The molecule has 132 valence electrons. The molecular weight excluding hydrogens is 298 g/mol. The Balaban J connectivity index is 1.63. The number of carbonyl (C=O) groups excluding carboxylic acids is 1. The first-order valence-corrected chi connectivity index (χ1v) is 9.13. The van der Waals surface area contributed by atoms with Crippen molar-refractivity contribution in [1.82, 2.24) is 14.7 Å². The van der Waals surface area contributed by atoms with Gasteiger partial charge in [0.05, 0.1) is 6.54 Å². The highest BCUT2D eigenvalue weighted by atomic mass is 16.2. The van der Waals surface area contributed by atoms with Crippen LogP contribution in [0.2, 0.25) is 0 Å². The third-order valence-electron chi connectivity index (χ3n) is 5.86. The summed E-state index contributed by atoms with van der Waals surface area (Å²) >= 11 is 0. The first-order valence-electron chi connectivity index (χ1n) is 9.13. The van der Waals surface area contributed by atoms with Gasteiger partial charge in [0.2, 0.25) is 5.91 Å². The van der Waals surface area contributed by atoms with Gasteiger partial charge in [0.1, 0.15) is 0 Å². The molecule has 3 rings (SSSR count). The van der Waals surface area contributed by atoms with Crippen LogP contribution in [0, 0.1) is 5.41 Å². The number of likely N-dealkylation sites (tertiary alicyclic amines) is 2. The second-order valence-corrected chi connectivity index (χ2v) is 8.07. The van der Waals surface area contributed by atoms with Crippen LogP contribution in [0.5, 0.6) is 0 Å². The standard InChI is InChI=1S/C20H31N3O/c1-21(2)19(24)15-23-11-9-20(10-12-23)13-18(14-22(3)16-20)17-7-5-4-6-8-17/h4-8,18H,9-16H2,1-3H3/t18-/m0/s1. The molecule has 0 radical (unpaired) electrons. The van der Waals surface area contributed by atoms with Crippen LogP contribution >= 0.6 is 0 Å². The highest BCUT2D eigenvalue weighted by Crippen LogP contribution is 2.44. The summed E-state index contributed by atoms with van der Waals surface area (Å²) in [7, 11) is 5.95. The first kappa shape index (κ1) is 17.4. The summed E-state index contributed by atoms with van der Waals surface area (Å²) in [4.78, 5) is 18.5. The molecule has 2 saturated heterocycles. The van der Waals surface area contributed by atoms with Gasteiger partial charge in [-0.25, -0.2) is 0 Å². The van der Waals surface area contributed by atoms with Crippen LogP contribution < -0.4 is 0 Å². The lowest BCUT2D eigenvalue weighted by molar-refractivity contribution is -0.130. The Bertz CT molecular complexity index is 549. The molecule has 2 aliphatic rings. The van der Waals surface area contributed by atoms with Crippen LogP contribution in [0.15, 0.2) is 30.3 Å². The van der Waals surface area contributed by atoms with E-state index in [1.54, 1.807) is 4.90 Å². The molecule has 0 aliphatic carbocycles. The maximum absolute atomic E-state index is 11.9. The minimum absolute atomic E-state index is 0.217. The first-order chi connectivity index (χ1) is 11.5. The predicted octanol–water partition coefficient (Wildman–Crippen LogP) is 2.28. The van der Waals surface area contributed by atoms with E-state index in [0.29, 0.717) is 17.9 Å². The molecule has 1 atom stereocenters. The number of hydrogen-bond donors (Lipinski definition) is 0. The van der Waals surface area contributed by atoms with E-state index in [9.17, 15) is 4.79 Å². The largest absolute Gasteiger partial charge is 0.348 e. The average Bonchev–Trinajstić information content (AvgIpc) is 2.57. The van der Waals surface area contributed by atoms with Crippen molar-refractivity contribution < 1.29 is 4.79 Å². The number of benzene rings is 1. The van der Waals surface area contributed by atoms with Crippen LogP contribution in [0.4, 0.5) is 0 Å². The molecule has 2 fully saturated rings. The Morgan fingerprint density at radius 2 is 1.88 bits per heavy atom. The summed E-state index contributed by atoms with van der Waals surface area (Å²) in [5.41, 5.74) is 1.90. The fourth-order valence-corrected chi connectivity index (χ4v) is 4.49. The molecule has 1 spiro atoms. The van der Waals surface area contributed by atoms with Crippen LogP contribution in [0.25, 0.3) is 0 Å². The molecule has 2 aliphatic heterocycles. The van der Waals surface area contributed by atoms with Gasteiger partial charge in [-0.2, -0.15) is 0 Å². The molecule has 0 N–H and O–H groups in total. The van der Waals surface area contributed by atoms with Gasteiger partial charge in [-0.15, -0.1) is 0 Å². The summed E-state index contributed by atoms with van der Waals surface area (Å²) in [5.74, 6) is 0.855. The lowest BCUT2D eigenvalue weighted by Crippen LogP contribution is -2.51. The summed E-state index contributed by atoms with van der Waals surface area (Å²) in [6, 6.07) is 11.0. The van der Waals surface area contributed by atoms with Crippen molar-refractivity contribution in [2.45, 2.75) is 25.2 Å². The van der Waals surface area contributed by atoms with Gasteiger partial charge in [0.15, 0.2) is 0 Å². The van der Waals surface area contributed by atoms with Crippen LogP contribution in [0.1, 0.15) is 30.7 Å². The van der Waals surface area contributed by atoms with Crippen LogP contribution in [-0.2, 0) is 4.79 Å². The highest BCUT2D eigenvalue weighted by Gasteiger charge is 2.41. The van der Waals surface area contributed by atoms with E-state index in [1.165, 1.54) is 31.4 Å². The van der Waals surface area contributed by atoms with Gasteiger partial charge in [0.25, 0.3) is 0 Å². The number of carbonyl (C=O) groups is 1. The number of piperidine rings is 2. The van der Waals surface area contributed by atoms with Crippen molar-refractivity contribution in [2.24, 2.45) is 5.41 Å². The molecule has 4 nitrogen and oxygen atoms in total. The molecule has 0 saturated carbocycles. The van der Waals surface area contributed by atoms with E-state index >= 15 is 0 Å². The molecule has 24 heavy (non-hydrogen) atoms. The zero-order valence-corrected chi connectivity index (χ0v) is 15.4. The van der Waals surface area contributed by atoms with Gasteiger partial charge >= 0.3 is 0 Å². The second-order valence-electron chi connectivity index (χ2n) is 8.07.